The van der Waals surface area contributed by atoms with Crippen LogP contribution in [-0.2, 0) is 4.43 Å². The molecule has 3 heteroatoms. The van der Waals surface area contributed by atoms with Crippen molar-refractivity contribution < 1.29 is 4.43 Å². The number of hydrogen-bond acceptors (Lipinski definition) is 2. The molecule has 2 nitrogen and oxygen atoms in total. The Morgan fingerprint density at radius 1 is 1.27 bits per heavy atom. The molecule has 0 radical (unpaired) electrons. The van der Waals surface area contributed by atoms with Crippen LogP contribution in [-0.4, -0.2) is 8.32 Å². The predicted octanol–water partition coefficient (Wildman–Crippen LogP) is 4.22. The lowest BCUT2D eigenvalue weighted by Gasteiger charge is -2.37. The third kappa shape index (κ3) is 4.09. The van der Waals surface area contributed by atoms with E-state index in [-0.39, 0.29) is 5.04 Å². The number of nitriles is 1. The lowest BCUT2D eigenvalue weighted by atomic mass is 10.2. The minimum absolute atomic E-state index is 0.184. The molecule has 0 saturated heterocycles. The van der Waals surface area contributed by atoms with Gasteiger partial charge in [-0.3, -0.25) is 0 Å². The molecule has 0 spiro atoms. The van der Waals surface area contributed by atoms with Gasteiger partial charge in [0, 0.05) is 0 Å². The van der Waals surface area contributed by atoms with Crippen molar-refractivity contribution in [2.45, 2.75) is 59.2 Å². The summed E-state index contributed by atoms with van der Waals surface area (Å²) >= 11 is 0. The molecular weight excluding hydrogens is 202 g/mol. The number of rotatable bonds is 3. The van der Waals surface area contributed by atoms with Crippen molar-refractivity contribution in [1.29, 1.82) is 5.26 Å². The Bertz CT molecular complexity index is 288. The van der Waals surface area contributed by atoms with Crippen LogP contribution in [0.1, 0.15) is 41.0 Å². The average Bonchev–Trinajstić information content (AvgIpc) is 2.00. The topological polar surface area (TPSA) is 33.0 Å². The molecule has 0 aliphatic carbocycles. The van der Waals surface area contributed by atoms with Gasteiger partial charge in [-0.2, -0.15) is 5.26 Å². The molecule has 0 aliphatic rings. The van der Waals surface area contributed by atoms with Gasteiger partial charge in [0.15, 0.2) is 0 Å². The lowest BCUT2D eigenvalue weighted by molar-refractivity contribution is 0.372. The van der Waals surface area contributed by atoms with Crippen LogP contribution in [0.25, 0.3) is 0 Å². The van der Waals surface area contributed by atoms with Crippen molar-refractivity contribution in [3.8, 4) is 6.07 Å². The van der Waals surface area contributed by atoms with Gasteiger partial charge in [0.25, 0.3) is 0 Å². The quantitative estimate of drug-likeness (QED) is 0.532. The van der Waals surface area contributed by atoms with Crippen molar-refractivity contribution in [2.75, 3.05) is 0 Å². The highest BCUT2D eigenvalue weighted by Gasteiger charge is 2.39. The normalized spacial score (nSPS) is 11.9. The Labute approximate surface area is 95.1 Å². The lowest BCUT2D eigenvalue weighted by Crippen LogP contribution is -2.40. The third-order valence-electron chi connectivity index (χ3n) is 2.98. The van der Waals surface area contributed by atoms with Crippen LogP contribution in [0.4, 0.5) is 0 Å². The zero-order valence-electron chi connectivity index (χ0n) is 11.1. The van der Waals surface area contributed by atoms with Crippen LogP contribution >= 0.6 is 0 Å². The Morgan fingerprint density at radius 2 is 1.73 bits per heavy atom. The highest BCUT2D eigenvalue weighted by Crippen LogP contribution is 2.38. The van der Waals surface area contributed by atoms with Crippen molar-refractivity contribution in [3.63, 3.8) is 0 Å². The zero-order chi connectivity index (χ0) is 12.3. The minimum Gasteiger partial charge on any atom is -0.546 e. The largest absolute Gasteiger partial charge is 0.546 e. The first kappa shape index (κ1) is 14.2. The van der Waals surface area contributed by atoms with Gasteiger partial charge in [0.1, 0.15) is 0 Å². The number of allylic oxidation sites excluding steroid dienone is 2. The van der Waals surface area contributed by atoms with Crippen LogP contribution in [0.3, 0.4) is 0 Å². The molecule has 0 fully saturated rings. The van der Waals surface area contributed by atoms with Gasteiger partial charge in [0.2, 0.25) is 8.32 Å². The second-order valence-electron chi connectivity index (χ2n) is 5.62. The maximum absolute atomic E-state index is 8.74. The summed E-state index contributed by atoms with van der Waals surface area (Å²) in [4.78, 5) is 0. The van der Waals surface area contributed by atoms with E-state index < -0.39 is 8.32 Å². The number of hydrogen-bond donors (Lipinski definition) is 0. The van der Waals surface area contributed by atoms with E-state index in [4.69, 9.17) is 9.69 Å². The fraction of sp³-hybridized carbons (Fsp3) is 0.750. The first-order valence-corrected chi connectivity index (χ1v) is 8.25. The molecule has 0 aliphatic heterocycles. The van der Waals surface area contributed by atoms with Crippen molar-refractivity contribution in [1.82, 2.24) is 0 Å². The molecule has 0 aromatic carbocycles. The van der Waals surface area contributed by atoms with Crippen LogP contribution in [0.15, 0.2) is 11.3 Å². The van der Waals surface area contributed by atoms with E-state index >= 15 is 0 Å². The fourth-order valence-corrected chi connectivity index (χ4v) is 2.05. The average molecular weight is 225 g/mol. The molecule has 0 saturated carbocycles. The first-order chi connectivity index (χ1) is 6.62. The Morgan fingerprint density at radius 3 is 2.00 bits per heavy atom. The Kier molecular flexibility index (Phi) is 4.60. The zero-order valence-corrected chi connectivity index (χ0v) is 12.1. The summed E-state index contributed by atoms with van der Waals surface area (Å²) in [6.45, 7) is 15.0. The van der Waals surface area contributed by atoms with Crippen LogP contribution in [0, 0.1) is 11.3 Å². The summed E-state index contributed by atoms with van der Waals surface area (Å²) in [5.41, 5.74) is 1.11. The second kappa shape index (κ2) is 4.85. The van der Waals surface area contributed by atoms with Gasteiger partial charge in [-0.25, -0.2) is 0 Å². The number of nitrogens with zero attached hydrogens (tertiary/aromatic N) is 1. The van der Waals surface area contributed by atoms with Crippen molar-refractivity contribution in [2.24, 2.45) is 0 Å². The van der Waals surface area contributed by atoms with E-state index in [0.717, 1.165) is 11.3 Å². The van der Waals surface area contributed by atoms with Crippen LogP contribution in [0.2, 0.25) is 18.1 Å². The first-order valence-electron chi connectivity index (χ1n) is 5.34. The molecule has 0 bridgehead atoms. The second-order valence-corrected chi connectivity index (χ2v) is 10.3. The van der Waals surface area contributed by atoms with Crippen LogP contribution < -0.4 is 0 Å². The van der Waals surface area contributed by atoms with E-state index in [0.29, 0.717) is 6.42 Å². The molecule has 0 N–H and O–H groups in total. The van der Waals surface area contributed by atoms with Crippen molar-refractivity contribution in [3.05, 3.63) is 11.3 Å². The smallest absolute Gasteiger partial charge is 0.250 e. The maximum Gasteiger partial charge on any atom is 0.250 e. The molecule has 15 heavy (non-hydrogen) atoms. The fourth-order valence-electron chi connectivity index (χ4n) is 0.848. The Balaban J connectivity index is 4.87. The summed E-state index contributed by atoms with van der Waals surface area (Å²) < 4.78 is 6.10. The van der Waals surface area contributed by atoms with Gasteiger partial charge in [-0.15, -0.1) is 0 Å². The van der Waals surface area contributed by atoms with Gasteiger partial charge < -0.3 is 4.43 Å². The summed E-state index contributed by atoms with van der Waals surface area (Å²) in [5.74, 6) is 0.865. The molecule has 0 unspecified atom stereocenters. The monoisotopic (exact) mass is 225 g/mol. The molecule has 0 heterocycles. The SMILES string of the molecule is CC(C)=C(CC#N)O[Si](C)(C)C(C)(C)C. The summed E-state index contributed by atoms with van der Waals surface area (Å²) in [7, 11) is -1.78. The van der Waals surface area contributed by atoms with E-state index in [1.54, 1.807) is 0 Å². The third-order valence-corrected chi connectivity index (χ3v) is 7.35. The summed E-state index contributed by atoms with van der Waals surface area (Å²) in [5, 5.41) is 8.92. The van der Waals surface area contributed by atoms with Gasteiger partial charge in [-0.05, 0) is 37.6 Å². The Hall–Kier alpha value is -0.753. The molecule has 0 aromatic rings. The minimum atomic E-state index is -1.78. The molecular formula is C12H23NOSi. The van der Waals surface area contributed by atoms with Crippen LogP contribution in [0.5, 0.6) is 0 Å². The van der Waals surface area contributed by atoms with Gasteiger partial charge in [-0.1, -0.05) is 20.8 Å². The predicted molar refractivity (Wildman–Crippen MR) is 66.9 cm³/mol. The van der Waals surface area contributed by atoms with E-state index in [2.05, 4.69) is 39.9 Å². The van der Waals surface area contributed by atoms with Gasteiger partial charge in [0.05, 0.1) is 18.2 Å². The highest BCUT2D eigenvalue weighted by atomic mass is 28.4. The van der Waals surface area contributed by atoms with Crippen molar-refractivity contribution >= 4 is 8.32 Å². The maximum atomic E-state index is 8.74. The van der Waals surface area contributed by atoms with E-state index in [1.807, 2.05) is 13.8 Å². The van der Waals surface area contributed by atoms with E-state index in [1.165, 1.54) is 0 Å². The summed E-state index contributed by atoms with van der Waals surface area (Å²) in [6.07, 6.45) is 0.384. The molecule has 0 rings (SSSR count). The van der Waals surface area contributed by atoms with E-state index in [9.17, 15) is 0 Å². The molecule has 0 aromatic heterocycles. The summed E-state index contributed by atoms with van der Waals surface area (Å²) in [6, 6.07) is 2.16. The highest BCUT2D eigenvalue weighted by molar-refractivity contribution is 6.74. The molecule has 0 amide bonds. The standard InChI is InChI=1S/C12H23NOSi/c1-10(2)11(8-9-13)14-15(6,7)12(3,4)5/h8H2,1-7H3. The molecule has 86 valence electrons. The van der Waals surface area contributed by atoms with Gasteiger partial charge >= 0.3 is 0 Å². The molecule has 0 atom stereocenters.